The molecule has 2 aliphatic rings. The Morgan fingerprint density at radius 1 is 1.03 bits per heavy atom. The number of carbonyl (C=O) groups is 1. The predicted molar refractivity (Wildman–Crippen MR) is 117 cm³/mol. The van der Waals surface area contributed by atoms with Gasteiger partial charge in [0.2, 0.25) is 0 Å². The smallest absolute Gasteiger partial charge is 0.410 e. The minimum Gasteiger partial charge on any atom is -0.492 e. The summed E-state index contributed by atoms with van der Waals surface area (Å²) < 4.78 is 11.4. The second kappa shape index (κ2) is 10.2. The van der Waals surface area contributed by atoms with Crippen molar-refractivity contribution in [3.8, 4) is 5.75 Å². The lowest BCUT2D eigenvalue weighted by Crippen LogP contribution is -2.44. The van der Waals surface area contributed by atoms with Crippen LogP contribution in [0.5, 0.6) is 5.75 Å². The molecule has 3 rings (SSSR count). The summed E-state index contributed by atoms with van der Waals surface area (Å²) in [4.78, 5) is 16.5. The number of amides is 1. The van der Waals surface area contributed by atoms with Gasteiger partial charge in [0.1, 0.15) is 18.0 Å². The average molecular weight is 404 g/mol. The van der Waals surface area contributed by atoms with Crippen LogP contribution in [0.25, 0.3) is 0 Å². The normalized spacial score (nSPS) is 19.1. The Labute approximate surface area is 175 Å². The molecule has 6 nitrogen and oxygen atoms in total. The molecule has 0 radical (unpaired) electrons. The van der Waals surface area contributed by atoms with E-state index in [0.29, 0.717) is 6.04 Å². The SMILES string of the molecule is CC(C)(C)OC(=O)N1CCC(Nc2ccc(OCCN3CCCCC3)cc2)CC1. The van der Waals surface area contributed by atoms with Gasteiger partial charge in [0.05, 0.1) is 0 Å². The standard InChI is InChI=1S/C23H37N3O3/c1-23(2,3)29-22(27)26-15-11-20(12-16-26)24-19-7-9-21(10-8-19)28-18-17-25-13-5-4-6-14-25/h7-10,20,24H,4-6,11-18H2,1-3H3. The Balaban J connectivity index is 1.36. The van der Waals surface area contributed by atoms with Crippen molar-refractivity contribution in [2.24, 2.45) is 0 Å². The van der Waals surface area contributed by atoms with Crippen molar-refractivity contribution in [3.63, 3.8) is 0 Å². The van der Waals surface area contributed by atoms with Crippen LogP contribution in [0.3, 0.4) is 0 Å². The van der Waals surface area contributed by atoms with Crippen LogP contribution in [0.2, 0.25) is 0 Å². The zero-order valence-corrected chi connectivity index (χ0v) is 18.3. The Bertz CT molecular complexity index is 628. The van der Waals surface area contributed by atoms with Gasteiger partial charge in [-0.2, -0.15) is 0 Å². The van der Waals surface area contributed by atoms with Gasteiger partial charge < -0.3 is 19.7 Å². The van der Waals surface area contributed by atoms with Gasteiger partial charge in [0, 0.05) is 31.4 Å². The molecule has 1 amide bonds. The van der Waals surface area contributed by atoms with Crippen LogP contribution in [-0.4, -0.2) is 66.9 Å². The fourth-order valence-electron chi connectivity index (χ4n) is 3.89. The molecule has 0 saturated carbocycles. The number of benzene rings is 1. The van der Waals surface area contributed by atoms with Gasteiger partial charge in [0.25, 0.3) is 0 Å². The van der Waals surface area contributed by atoms with Crippen LogP contribution in [0, 0.1) is 0 Å². The largest absolute Gasteiger partial charge is 0.492 e. The van der Waals surface area contributed by atoms with Crippen molar-refractivity contribution in [2.75, 3.05) is 44.6 Å². The fourth-order valence-corrected chi connectivity index (χ4v) is 3.89. The quantitative estimate of drug-likeness (QED) is 0.765. The molecule has 1 aromatic rings. The lowest BCUT2D eigenvalue weighted by molar-refractivity contribution is 0.0210. The van der Waals surface area contributed by atoms with Gasteiger partial charge in [-0.15, -0.1) is 0 Å². The molecule has 0 aromatic heterocycles. The molecule has 1 N–H and O–H groups in total. The topological polar surface area (TPSA) is 54.0 Å². The zero-order chi connectivity index (χ0) is 20.7. The molecule has 0 aliphatic carbocycles. The highest BCUT2D eigenvalue weighted by Crippen LogP contribution is 2.21. The summed E-state index contributed by atoms with van der Waals surface area (Å²) in [5, 5.41) is 3.58. The van der Waals surface area contributed by atoms with Gasteiger partial charge in [-0.1, -0.05) is 6.42 Å². The molecule has 2 heterocycles. The van der Waals surface area contributed by atoms with Crippen molar-refractivity contribution < 1.29 is 14.3 Å². The van der Waals surface area contributed by atoms with Crippen LogP contribution in [0.4, 0.5) is 10.5 Å². The average Bonchev–Trinajstić information content (AvgIpc) is 2.69. The number of carbonyl (C=O) groups excluding carboxylic acids is 1. The first-order chi connectivity index (χ1) is 13.9. The second-order valence-electron chi connectivity index (χ2n) is 9.16. The van der Waals surface area contributed by atoms with Crippen LogP contribution < -0.4 is 10.1 Å². The number of hydrogen-bond donors (Lipinski definition) is 1. The summed E-state index contributed by atoms with van der Waals surface area (Å²) in [6.45, 7) is 11.3. The second-order valence-corrected chi connectivity index (χ2v) is 9.16. The molecular formula is C23H37N3O3. The highest BCUT2D eigenvalue weighted by atomic mass is 16.6. The van der Waals surface area contributed by atoms with Crippen LogP contribution in [0.1, 0.15) is 52.9 Å². The van der Waals surface area contributed by atoms with E-state index in [4.69, 9.17) is 9.47 Å². The van der Waals surface area contributed by atoms with Gasteiger partial charge in [-0.05, 0) is 83.8 Å². The Morgan fingerprint density at radius 2 is 1.69 bits per heavy atom. The van der Waals surface area contributed by atoms with E-state index in [9.17, 15) is 4.79 Å². The molecule has 0 spiro atoms. The van der Waals surface area contributed by atoms with Crippen LogP contribution >= 0.6 is 0 Å². The molecule has 162 valence electrons. The van der Waals surface area contributed by atoms with E-state index in [1.807, 2.05) is 37.8 Å². The third kappa shape index (κ3) is 7.42. The van der Waals surface area contributed by atoms with Crippen molar-refractivity contribution in [1.82, 2.24) is 9.80 Å². The number of anilines is 1. The maximum Gasteiger partial charge on any atom is 0.410 e. The molecule has 0 unspecified atom stereocenters. The van der Waals surface area contributed by atoms with E-state index in [0.717, 1.165) is 50.5 Å². The minimum atomic E-state index is -0.441. The highest BCUT2D eigenvalue weighted by molar-refractivity contribution is 5.68. The monoisotopic (exact) mass is 403 g/mol. The highest BCUT2D eigenvalue weighted by Gasteiger charge is 2.26. The van der Waals surface area contributed by atoms with E-state index in [1.165, 1.54) is 32.4 Å². The molecule has 2 aliphatic heterocycles. The maximum absolute atomic E-state index is 12.2. The summed E-state index contributed by atoms with van der Waals surface area (Å²) in [5.41, 5.74) is 0.660. The molecular weight excluding hydrogens is 366 g/mol. The van der Waals surface area contributed by atoms with E-state index >= 15 is 0 Å². The number of rotatable bonds is 6. The molecule has 2 saturated heterocycles. The summed E-state index contributed by atoms with van der Waals surface area (Å²) in [5.74, 6) is 0.923. The number of ether oxygens (including phenoxy) is 2. The lowest BCUT2D eigenvalue weighted by Gasteiger charge is -2.34. The van der Waals surface area contributed by atoms with Gasteiger partial charge >= 0.3 is 6.09 Å². The number of nitrogens with one attached hydrogen (secondary N) is 1. The molecule has 6 heteroatoms. The van der Waals surface area contributed by atoms with Crippen molar-refractivity contribution in [1.29, 1.82) is 0 Å². The van der Waals surface area contributed by atoms with E-state index < -0.39 is 5.60 Å². The predicted octanol–water partition coefficient (Wildman–Crippen LogP) is 4.36. The number of hydrogen-bond acceptors (Lipinski definition) is 5. The van der Waals surface area contributed by atoms with E-state index in [2.05, 4.69) is 22.3 Å². The zero-order valence-electron chi connectivity index (χ0n) is 18.3. The van der Waals surface area contributed by atoms with E-state index in [1.54, 1.807) is 0 Å². The Kier molecular flexibility index (Phi) is 7.64. The first-order valence-corrected chi connectivity index (χ1v) is 11.1. The van der Waals surface area contributed by atoms with E-state index in [-0.39, 0.29) is 6.09 Å². The van der Waals surface area contributed by atoms with Gasteiger partial charge in [-0.25, -0.2) is 4.79 Å². The summed E-state index contributed by atoms with van der Waals surface area (Å²) in [6, 6.07) is 8.61. The van der Waals surface area contributed by atoms with Crippen molar-refractivity contribution in [2.45, 2.75) is 64.5 Å². The molecule has 0 atom stereocenters. The molecule has 2 fully saturated rings. The lowest BCUT2D eigenvalue weighted by atomic mass is 10.0. The first-order valence-electron chi connectivity index (χ1n) is 11.1. The minimum absolute atomic E-state index is 0.206. The fraction of sp³-hybridized carbons (Fsp3) is 0.696. The maximum atomic E-state index is 12.2. The first kappa shape index (κ1) is 21.8. The summed E-state index contributed by atoms with van der Waals surface area (Å²) in [6.07, 6.45) is 5.64. The van der Waals surface area contributed by atoms with Gasteiger partial charge in [0.15, 0.2) is 0 Å². The number of nitrogens with zero attached hydrogens (tertiary/aromatic N) is 2. The number of piperidine rings is 2. The van der Waals surface area contributed by atoms with Gasteiger partial charge in [-0.3, -0.25) is 4.90 Å². The molecule has 1 aromatic carbocycles. The Hall–Kier alpha value is -1.95. The van der Waals surface area contributed by atoms with Crippen LogP contribution in [0.15, 0.2) is 24.3 Å². The molecule has 29 heavy (non-hydrogen) atoms. The van der Waals surface area contributed by atoms with Crippen molar-refractivity contribution >= 4 is 11.8 Å². The van der Waals surface area contributed by atoms with Crippen LogP contribution in [-0.2, 0) is 4.74 Å². The third-order valence-electron chi connectivity index (χ3n) is 5.50. The summed E-state index contributed by atoms with van der Waals surface area (Å²) >= 11 is 0. The Morgan fingerprint density at radius 3 is 2.31 bits per heavy atom. The number of likely N-dealkylation sites (tertiary alicyclic amines) is 2. The third-order valence-corrected chi connectivity index (χ3v) is 5.50. The summed E-state index contributed by atoms with van der Waals surface area (Å²) in [7, 11) is 0. The molecule has 0 bridgehead atoms. The van der Waals surface area contributed by atoms with Crippen molar-refractivity contribution in [3.05, 3.63) is 24.3 Å².